The van der Waals surface area contributed by atoms with Gasteiger partial charge < -0.3 is 19.7 Å². The molecule has 2 aliphatic rings. The number of methoxy groups -OCH3 is 1. The minimum absolute atomic E-state index is 0.0534. The first-order chi connectivity index (χ1) is 14.3. The van der Waals surface area contributed by atoms with E-state index in [9.17, 15) is 24.5 Å². The summed E-state index contributed by atoms with van der Waals surface area (Å²) in [7, 11) is 1.37. The second-order valence-electron chi connectivity index (χ2n) is 7.60. The lowest BCUT2D eigenvalue weighted by Crippen LogP contribution is -2.36. The van der Waals surface area contributed by atoms with Gasteiger partial charge in [0.25, 0.3) is 11.6 Å². The number of benzene rings is 1. The molecule has 10 nitrogen and oxygen atoms in total. The van der Waals surface area contributed by atoms with Gasteiger partial charge in [-0.05, 0) is 25.8 Å². The molecule has 0 unspecified atom stereocenters. The molecule has 1 heterocycles. The Morgan fingerprint density at radius 2 is 2.00 bits per heavy atom. The fourth-order valence-corrected chi connectivity index (χ4v) is 3.92. The van der Waals surface area contributed by atoms with E-state index in [-0.39, 0.29) is 35.5 Å². The lowest BCUT2D eigenvalue weighted by atomic mass is 10.1. The summed E-state index contributed by atoms with van der Waals surface area (Å²) in [5.74, 6) is -1.67. The molecule has 0 aromatic heterocycles. The largest absolute Gasteiger partial charge is 0.495 e. The molecule has 0 radical (unpaired) electrons. The van der Waals surface area contributed by atoms with E-state index in [2.05, 4.69) is 5.32 Å². The molecule has 3 rings (SSSR count). The molecule has 1 aliphatic carbocycles. The van der Waals surface area contributed by atoms with Crippen molar-refractivity contribution in [2.45, 2.75) is 51.2 Å². The molecule has 0 bridgehead atoms. The third kappa shape index (κ3) is 4.69. The van der Waals surface area contributed by atoms with Gasteiger partial charge in [0.15, 0.2) is 6.10 Å². The minimum Gasteiger partial charge on any atom is -0.495 e. The normalized spacial score (nSPS) is 20.1. The van der Waals surface area contributed by atoms with Gasteiger partial charge >= 0.3 is 5.97 Å². The number of anilines is 1. The van der Waals surface area contributed by atoms with Gasteiger partial charge in [-0.15, -0.1) is 0 Å². The molecule has 1 aromatic rings. The zero-order chi connectivity index (χ0) is 21.8. The molecular weight excluding hydrogens is 394 g/mol. The average Bonchev–Trinajstić information content (AvgIpc) is 3.37. The van der Waals surface area contributed by atoms with Crippen LogP contribution < -0.4 is 10.1 Å². The Bertz CT molecular complexity index is 851. The molecule has 30 heavy (non-hydrogen) atoms. The summed E-state index contributed by atoms with van der Waals surface area (Å²) in [6.45, 7) is 1.72. The van der Waals surface area contributed by atoms with E-state index >= 15 is 0 Å². The summed E-state index contributed by atoms with van der Waals surface area (Å²) >= 11 is 0. The molecule has 162 valence electrons. The summed E-state index contributed by atoms with van der Waals surface area (Å²) < 4.78 is 10.4. The highest BCUT2D eigenvalue weighted by Gasteiger charge is 2.40. The van der Waals surface area contributed by atoms with Crippen molar-refractivity contribution in [2.24, 2.45) is 5.92 Å². The van der Waals surface area contributed by atoms with Crippen LogP contribution >= 0.6 is 0 Å². The van der Waals surface area contributed by atoms with Crippen molar-refractivity contribution in [3.8, 4) is 5.75 Å². The van der Waals surface area contributed by atoms with Crippen LogP contribution in [0.3, 0.4) is 0 Å². The number of ether oxygens (including phenoxy) is 2. The SMILES string of the molecule is COc1ccc([N+](=O)[O-])cc1NC(=O)[C@H](C)OC(=O)[C@H]1CC(=O)N(C2CCCC2)C1. The number of nitrogens with zero attached hydrogens (tertiary/aromatic N) is 2. The lowest BCUT2D eigenvalue weighted by Gasteiger charge is -2.24. The second-order valence-corrected chi connectivity index (χ2v) is 7.60. The first-order valence-corrected chi connectivity index (χ1v) is 9.93. The number of nitro benzene ring substituents is 1. The molecule has 0 spiro atoms. The maximum Gasteiger partial charge on any atom is 0.312 e. The predicted molar refractivity (Wildman–Crippen MR) is 106 cm³/mol. The van der Waals surface area contributed by atoms with Gasteiger partial charge in [0.1, 0.15) is 5.75 Å². The molecule has 1 saturated carbocycles. The highest BCUT2D eigenvalue weighted by molar-refractivity contribution is 5.97. The van der Waals surface area contributed by atoms with Crippen LogP contribution in [0.4, 0.5) is 11.4 Å². The van der Waals surface area contributed by atoms with E-state index in [1.807, 2.05) is 0 Å². The van der Waals surface area contributed by atoms with Crippen molar-refractivity contribution in [2.75, 3.05) is 19.0 Å². The lowest BCUT2D eigenvalue weighted by molar-refractivity contribution is -0.384. The highest BCUT2D eigenvalue weighted by atomic mass is 16.6. The Kier molecular flexibility index (Phi) is 6.53. The molecule has 2 atom stereocenters. The molecule has 1 N–H and O–H groups in total. The van der Waals surface area contributed by atoms with Gasteiger partial charge in [0.05, 0.1) is 23.6 Å². The maximum absolute atomic E-state index is 12.5. The Morgan fingerprint density at radius 3 is 2.63 bits per heavy atom. The zero-order valence-corrected chi connectivity index (χ0v) is 17.0. The average molecular weight is 419 g/mol. The Labute approximate surface area is 173 Å². The second kappa shape index (κ2) is 9.10. The van der Waals surface area contributed by atoms with E-state index in [4.69, 9.17) is 9.47 Å². The van der Waals surface area contributed by atoms with Gasteiger partial charge in [-0.25, -0.2) is 0 Å². The van der Waals surface area contributed by atoms with E-state index in [1.54, 1.807) is 4.90 Å². The number of nitrogens with one attached hydrogen (secondary N) is 1. The van der Waals surface area contributed by atoms with E-state index in [0.717, 1.165) is 25.7 Å². The van der Waals surface area contributed by atoms with Crippen molar-refractivity contribution in [3.05, 3.63) is 28.3 Å². The standard InChI is InChI=1S/C20H25N3O7/c1-12(19(25)21-16-10-15(23(27)28)7-8-17(16)29-2)30-20(26)13-9-18(24)22(11-13)14-5-3-4-6-14/h7-8,10,12-14H,3-6,9,11H2,1-2H3,(H,21,25)/t12-,13-/m0/s1. The van der Waals surface area contributed by atoms with Crippen LogP contribution in [0.15, 0.2) is 18.2 Å². The topological polar surface area (TPSA) is 128 Å². The number of hydrogen-bond acceptors (Lipinski definition) is 7. The van der Waals surface area contributed by atoms with Gasteiger partial charge in [-0.2, -0.15) is 0 Å². The van der Waals surface area contributed by atoms with Crippen LogP contribution in [0.5, 0.6) is 5.75 Å². The summed E-state index contributed by atoms with van der Waals surface area (Å²) in [6, 6.07) is 3.98. The van der Waals surface area contributed by atoms with Crippen molar-refractivity contribution in [3.63, 3.8) is 0 Å². The zero-order valence-electron chi connectivity index (χ0n) is 17.0. The van der Waals surface area contributed by atoms with Gasteiger partial charge in [-0.1, -0.05) is 12.8 Å². The van der Waals surface area contributed by atoms with Crippen LogP contribution in [0, 0.1) is 16.0 Å². The van der Waals surface area contributed by atoms with Crippen molar-refractivity contribution >= 4 is 29.2 Å². The summed E-state index contributed by atoms with van der Waals surface area (Å²) in [4.78, 5) is 49.3. The van der Waals surface area contributed by atoms with Gasteiger partial charge in [-0.3, -0.25) is 24.5 Å². The van der Waals surface area contributed by atoms with Crippen LogP contribution in [-0.2, 0) is 19.1 Å². The fraction of sp³-hybridized carbons (Fsp3) is 0.550. The third-order valence-corrected chi connectivity index (χ3v) is 5.57. The third-order valence-electron chi connectivity index (χ3n) is 5.57. The molecule has 2 fully saturated rings. The van der Waals surface area contributed by atoms with Crippen molar-refractivity contribution < 1.29 is 28.8 Å². The number of nitro groups is 1. The Morgan fingerprint density at radius 1 is 1.30 bits per heavy atom. The van der Waals surface area contributed by atoms with Crippen molar-refractivity contribution in [1.82, 2.24) is 4.90 Å². The number of rotatable bonds is 7. The number of carbonyl (C=O) groups is 3. The van der Waals surface area contributed by atoms with E-state index in [0.29, 0.717) is 6.54 Å². The van der Waals surface area contributed by atoms with E-state index in [1.165, 1.54) is 32.2 Å². The smallest absolute Gasteiger partial charge is 0.312 e. The van der Waals surface area contributed by atoms with Gasteiger partial charge in [0.2, 0.25) is 5.91 Å². The molecule has 10 heteroatoms. The summed E-state index contributed by atoms with van der Waals surface area (Å²) in [5, 5.41) is 13.5. The fourth-order valence-electron chi connectivity index (χ4n) is 3.92. The van der Waals surface area contributed by atoms with Gasteiger partial charge in [0, 0.05) is 31.1 Å². The molecule has 1 aliphatic heterocycles. The van der Waals surface area contributed by atoms with E-state index < -0.39 is 28.8 Å². The molecular formula is C20H25N3O7. The monoisotopic (exact) mass is 419 g/mol. The van der Waals surface area contributed by atoms with Crippen LogP contribution in [-0.4, -0.2) is 53.4 Å². The predicted octanol–water partition coefficient (Wildman–Crippen LogP) is 2.26. The quantitative estimate of drug-likeness (QED) is 0.408. The maximum atomic E-state index is 12.5. The number of amides is 2. The van der Waals surface area contributed by atoms with Crippen LogP contribution in [0.1, 0.15) is 39.0 Å². The van der Waals surface area contributed by atoms with Crippen molar-refractivity contribution in [1.29, 1.82) is 0 Å². The summed E-state index contributed by atoms with van der Waals surface area (Å²) in [6.07, 6.45) is 3.03. The molecule has 1 saturated heterocycles. The Balaban J connectivity index is 1.59. The highest BCUT2D eigenvalue weighted by Crippen LogP contribution is 2.31. The number of non-ortho nitro benzene ring substituents is 1. The summed E-state index contributed by atoms with van der Waals surface area (Å²) in [5.41, 5.74) is -0.115. The first kappa shape index (κ1) is 21.5. The Hall–Kier alpha value is -3.17. The van der Waals surface area contributed by atoms with Crippen LogP contribution in [0.25, 0.3) is 0 Å². The molecule has 1 aromatic carbocycles. The number of hydrogen-bond donors (Lipinski definition) is 1. The number of esters is 1. The molecule has 2 amide bonds. The number of likely N-dealkylation sites (tertiary alicyclic amines) is 1. The first-order valence-electron chi connectivity index (χ1n) is 9.93. The minimum atomic E-state index is -1.14. The van der Waals surface area contributed by atoms with Crippen LogP contribution in [0.2, 0.25) is 0 Å². The number of carbonyl (C=O) groups excluding carboxylic acids is 3.